The van der Waals surface area contributed by atoms with Crippen LogP contribution in [0.15, 0.2) is 0 Å². The van der Waals surface area contributed by atoms with E-state index in [9.17, 15) is 14.4 Å². The van der Waals surface area contributed by atoms with Gasteiger partial charge in [-0.25, -0.2) is 4.79 Å². The molecule has 0 unspecified atom stereocenters. The van der Waals surface area contributed by atoms with Crippen molar-refractivity contribution in [2.75, 3.05) is 40.3 Å². The zero-order chi connectivity index (χ0) is 14.3. The lowest BCUT2D eigenvalue weighted by atomic mass is 10.4. The molecule has 7 nitrogen and oxygen atoms in total. The molecule has 0 aliphatic rings. The highest BCUT2D eigenvalue weighted by Gasteiger charge is 2.22. The van der Waals surface area contributed by atoms with Gasteiger partial charge in [-0.3, -0.25) is 9.59 Å². The zero-order valence-corrected chi connectivity index (χ0v) is 11.3. The monoisotopic (exact) mass is 259 g/mol. The summed E-state index contributed by atoms with van der Waals surface area (Å²) in [7, 11) is 3.21. The van der Waals surface area contributed by atoms with E-state index in [1.54, 1.807) is 27.9 Å². The largest absolute Gasteiger partial charge is 0.480 e. The SMILES string of the molecule is CCN(CC(=O)O)C(=O)N(CC)CC(=O)N(C)C. The molecule has 0 saturated heterocycles. The van der Waals surface area contributed by atoms with E-state index in [-0.39, 0.29) is 25.5 Å². The van der Waals surface area contributed by atoms with Crippen molar-refractivity contribution in [3.63, 3.8) is 0 Å². The van der Waals surface area contributed by atoms with E-state index in [2.05, 4.69) is 0 Å². The van der Waals surface area contributed by atoms with Gasteiger partial charge in [-0.05, 0) is 13.8 Å². The molecule has 0 saturated carbocycles. The summed E-state index contributed by atoms with van der Waals surface area (Å²) in [5, 5.41) is 8.70. The maximum Gasteiger partial charge on any atom is 0.323 e. The van der Waals surface area contributed by atoms with E-state index < -0.39 is 12.0 Å². The first-order valence-electron chi connectivity index (χ1n) is 5.79. The molecule has 0 atom stereocenters. The number of carboxylic acids is 1. The zero-order valence-electron chi connectivity index (χ0n) is 11.3. The van der Waals surface area contributed by atoms with Gasteiger partial charge in [0.1, 0.15) is 13.1 Å². The summed E-state index contributed by atoms with van der Waals surface area (Å²) < 4.78 is 0. The fourth-order valence-electron chi connectivity index (χ4n) is 1.30. The van der Waals surface area contributed by atoms with Gasteiger partial charge in [0.25, 0.3) is 0 Å². The fourth-order valence-corrected chi connectivity index (χ4v) is 1.30. The van der Waals surface area contributed by atoms with Crippen LogP contribution in [-0.4, -0.2) is 78.0 Å². The number of carbonyl (C=O) groups excluding carboxylic acids is 2. The van der Waals surface area contributed by atoms with Crippen LogP contribution in [0.4, 0.5) is 4.79 Å². The van der Waals surface area contributed by atoms with Crippen LogP contribution in [0.2, 0.25) is 0 Å². The highest BCUT2D eigenvalue weighted by Crippen LogP contribution is 2.00. The Morgan fingerprint density at radius 1 is 0.944 bits per heavy atom. The van der Waals surface area contributed by atoms with Gasteiger partial charge in [-0.15, -0.1) is 0 Å². The Morgan fingerprint density at radius 2 is 1.39 bits per heavy atom. The third-order valence-electron chi connectivity index (χ3n) is 2.46. The predicted molar refractivity (Wildman–Crippen MR) is 66.2 cm³/mol. The average molecular weight is 259 g/mol. The van der Waals surface area contributed by atoms with E-state index in [4.69, 9.17) is 5.11 Å². The first-order chi connectivity index (χ1) is 8.33. The molecule has 0 spiro atoms. The first-order valence-corrected chi connectivity index (χ1v) is 5.79. The van der Waals surface area contributed by atoms with Crippen LogP contribution in [0.25, 0.3) is 0 Å². The van der Waals surface area contributed by atoms with Gasteiger partial charge >= 0.3 is 12.0 Å². The van der Waals surface area contributed by atoms with Crippen molar-refractivity contribution in [3.05, 3.63) is 0 Å². The molecule has 0 rings (SSSR count). The molecule has 18 heavy (non-hydrogen) atoms. The van der Waals surface area contributed by atoms with Crippen LogP contribution in [0.1, 0.15) is 13.8 Å². The molecular weight excluding hydrogens is 238 g/mol. The standard InChI is InChI=1S/C11H21N3O4/c1-5-13(7-9(15)12(3)4)11(18)14(6-2)8-10(16)17/h5-8H2,1-4H3,(H,16,17). The lowest BCUT2D eigenvalue weighted by Crippen LogP contribution is -2.48. The van der Waals surface area contributed by atoms with Crippen LogP contribution < -0.4 is 0 Å². The second kappa shape index (κ2) is 7.52. The maximum atomic E-state index is 12.0. The molecule has 104 valence electrons. The van der Waals surface area contributed by atoms with Gasteiger partial charge in [-0.2, -0.15) is 0 Å². The summed E-state index contributed by atoms with van der Waals surface area (Å²) in [4.78, 5) is 38.1. The number of aliphatic carboxylic acids is 1. The van der Waals surface area contributed by atoms with Gasteiger partial charge < -0.3 is 19.8 Å². The van der Waals surface area contributed by atoms with Crippen LogP contribution in [0.3, 0.4) is 0 Å². The van der Waals surface area contributed by atoms with E-state index >= 15 is 0 Å². The number of nitrogens with zero attached hydrogens (tertiary/aromatic N) is 3. The summed E-state index contributed by atoms with van der Waals surface area (Å²) in [6.45, 7) is 3.69. The highest BCUT2D eigenvalue weighted by molar-refractivity contribution is 5.85. The predicted octanol–water partition coefficient (Wildman–Crippen LogP) is -0.0770. The van der Waals surface area contributed by atoms with Crippen LogP contribution in [0.5, 0.6) is 0 Å². The normalized spacial score (nSPS) is 9.78. The fraction of sp³-hybridized carbons (Fsp3) is 0.727. The second-order valence-corrected chi connectivity index (χ2v) is 3.99. The highest BCUT2D eigenvalue weighted by atomic mass is 16.4. The summed E-state index contributed by atoms with van der Waals surface area (Å²) in [6.07, 6.45) is 0. The number of rotatable bonds is 6. The Kier molecular flexibility index (Phi) is 6.77. The van der Waals surface area contributed by atoms with Gasteiger partial charge in [0.05, 0.1) is 0 Å². The number of carboxylic acid groups (broad SMARTS) is 1. The number of hydrogen-bond acceptors (Lipinski definition) is 3. The minimum atomic E-state index is -1.07. The van der Waals surface area contributed by atoms with Crippen molar-refractivity contribution in [3.8, 4) is 0 Å². The molecule has 0 heterocycles. The number of likely N-dealkylation sites (N-methyl/N-ethyl adjacent to an activating group) is 3. The molecule has 0 aromatic heterocycles. The summed E-state index contributed by atoms with van der Waals surface area (Å²) in [5.74, 6) is -1.27. The Labute approximate surface area is 107 Å². The van der Waals surface area contributed by atoms with E-state index in [1.807, 2.05) is 0 Å². The average Bonchev–Trinajstić information content (AvgIpc) is 2.31. The summed E-state index contributed by atoms with van der Waals surface area (Å²) >= 11 is 0. The Morgan fingerprint density at radius 3 is 1.72 bits per heavy atom. The smallest absolute Gasteiger partial charge is 0.323 e. The van der Waals surface area contributed by atoms with Crippen molar-refractivity contribution in [1.82, 2.24) is 14.7 Å². The van der Waals surface area contributed by atoms with Crippen LogP contribution in [-0.2, 0) is 9.59 Å². The Balaban J connectivity index is 4.67. The molecule has 3 amide bonds. The van der Waals surface area contributed by atoms with Crippen LogP contribution >= 0.6 is 0 Å². The topological polar surface area (TPSA) is 81.2 Å². The Bertz CT molecular complexity index is 317. The van der Waals surface area contributed by atoms with Crippen molar-refractivity contribution < 1.29 is 19.5 Å². The molecule has 0 bridgehead atoms. The molecule has 0 radical (unpaired) electrons. The van der Waals surface area contributed by atoms with Crippen molar-refractivity contribution in [2.24, 2.45) is 0 Å². The van der Waals surface area contributed by atoms with E-state index in [0.29, 0.717) is 6.54 Å². The third kappa shape index (κ3) is 5.03. The Hall–Kier alpha value is -1.79. The molecule has 0 aromatic carbocycles. The number of amides is 3. The van der Waals surface area contributed by atoms with Crippen molar-refractivity contribution in [2.45, 2.75) is 13.8 Å². The molecule has 1 N–H and O–H groups in total. The van der Waals surface area contributed by atoms with Gasteiger partial charge in [0.2, 0.25) is 5.91 Å². The molecule has 0 aliphatic carbocycles. The van der Waals surface area contributed by atoms with Gasteiger partial charge in [0.15, 0.2) is 0 Å². The lowest BCUT2D eigenvalue weighted by molar-refractivity contribution is -0.137. The molecule has 0 aromatic rings. The molecule has 7 heteroatoms. The third-order valence-corrected chi connectivity index (χ3v) is 2.46. The number of hydrogen-bond donors (Lipinski definition) is 1. The lowest BCUT2D eigenvalue weighted by Gasteiger charge is -2.28. The van der Waals surface area contributed by atoms with Gasteiger partial charge in [0, 0.05) is 27.2 Å². The van der Waals surface area contributed by atoms with Gasteiger partial charge in [-0.1, -0.05) is 0 Å². The number of urea groups is 1. The van der Waals surface area contributed by atoms with Crippen molar-refractivity contribution in [1.29, 1.82) is 0 Å². The molecular formula is C11H21N3O4. The maximum absolute atomic E-state index is 12.0. The summed E-state index contributed by atoms with van der Waals surface area (Å²) in [5.41, 5.74) is 0. The first kappa shape index (κ1) is 16.2. The number of carbonyl (C=O) groups is 3. The summed E-state index contributed by atoms with van der Waals surface area (Å²) in [6, 6.07) is -0.433. The van der Waals surface area contributed by atoms with Crippen molar-refractivity contribution >= 4 is 17.9 Å². The van der Waals surface area contributed by atoms with E-state index in [1.165, 1.54) is 14.7 Å². The quantitative estimate of drug-likeness (QED) is 0.723. The second-order valence-electron chi connectivity index (χ2n) is 3.99. The minimum Gasteiger partial charge on any atom is -0.480 e. The minimum absolute atomic E-state index is 0.0432. The molecule has 0 aliphatic heterocycles. The van der Waals surface area contributed by atoms with Crippen LogP contribution in [0, 0.1) is 0 Å². The molecule has 0 fully saturated rings. The van der Waals surface area contributed by atoms with E-state index in [0.717, 1.165) is 0 Å².